The Morgan fingerprint density at radius 1 is 1.06 bits per heavy atom. The molecule has 1 saturated carbocycles. The van der Waals surface area contributed by atoms with Crippen molar-refractivity contribution >= 4 is 5.69 Å². The van der Waals surface area contributed by atoms with Gasteiger partial charge >= 0.3 is 0 Å². The number of benzene rings is 1. The van der Waals surface area contributed by atoms with Crippen LogP contribution in [0.5, 0.6) is 0 Å². The van der Waals surface area contributed by atoms with E-state index in [0.717, 1.165) is 24.1 Å². The third-order valence-electron chi connectivity index (χ3n) is 4.15. The summed E-state index contributed by atoms with van der Waals surface area (Å²) >= 11 is 0. The molecule has 0 saturated heterocycles. The van der Waals surface area contributed by atoms with Crippen molar-refractivity contribution in [2.24, 2.45) is 5.92 Å². The van der Waals surface area contributed by atoms with E-state index in [0.29, 0.717) is 5.92 Å². The Bertz CT molecular complexity index is 348. The van der Waals surface area contributed by atoms with E-state index in [-0.39, 0.29) is 0 Å². The molecule has 1 aromatic carbocycles. The predicted molar refractivity (Wildman–Crippen MR) is 71.6 cm³/mol. The van der Waals surface area contributed by atoms with Gasteiger partial charge in [-0.05, 0) is 43.4 Å². The number of rotatable bonds is 2. The highest BCUT2D eigenvalue weighted by Crippen LogP contribution is 2.38. The largest absolute Gasteiger partial charge is 0.399 e. The summed E-state index contributed by atoms with van der Waals surface area (Å²) in [5.41, 5.74) is 6.74. The molecule has 1 aliphatic rings. The molecule has 2 heteroatoms. The fraction of sp³-hybridized carbons (Fsp3) is 0.600. The molecule has 0 radical (unpaired) electrons. The average molecular weight is 233 g/mol. The van der Waals surface area contributed by atoms with E-state index in [1.165, 1.54) is 25.7 Å². The highest BCUT2D eigenvalue weighted by molar-refractivity contribution is 5.40. The Hall–Kier alpha value is -1.02. The van der Waals surface area contributed by atoms with Gasteiger partial charge in [0.15, 0.2) is 0 Å². The molecule has 2 rings (SSSR count). The molecule has 1 fully saturated rings. The molecule has 1 unspecified atom stereocenters. The highest BCUT2D eigenvalue weighted by atomic mass is 16.3. The minimum absolute atomic E-state index is 0.383. The minimum atomic E-state index is -0.710. The van der Waals surface area contributed by atoms with Crippen molar-refractivity contribution in [2.45, 2.75) is 51.0 Å². The van der Waals surface area contributed by atoms with Gasteiger partial charge in [-0.15, -0.1) is 0 Å². The Labute approximate surface area is 104 Å². The second-order valence-corrected chi connectivity index (χ2v) is 5.46. The quantitative estimate of drug-likeness (QED) is 0.607. The topological polar surface area (TPSA) is 46.2 Å². The number of hydrogen-bond acceptors (Lipinski definition) is 2. The number of nitrogen functional groups attached to an aromatic ring is 1. The van der Waals surface area contributed by atoms with E-state index in [9.17, 15) is 5.11 Å². The zero-order chi connectivity index (χ0) is 12.3. The number of anilines is 1. The van der Waals surface area contributed by atoms with Crippen molar-refractivity contribution in [1.82, 2.24) is 0 Å². The van der Waals surface area contributed by atoms with E-state index < -0.39 is 5.60 Å². The van der Waals surface area contributed by atoms with Crippen molar-refractivity contribution in [3.8, 4) is 0 Å². The summed E-state index contributed by atoms with van der Waals surface area (Å²) < 4.78 is 0. The zero-order valence-electron chi connectivity index (χ0n) is 10.7. The molecular weight excluding hydrogens is 210 g/mol. The Morgan fingerprint density at radius 3 is 2.12 bits per heavy atom. The molecule has 94 valence electrons. The van der Waals surface area contributed by atoms with Gasteiger partial charge in [0.2, 0.25) is 0 Å². The average Bonchev–Trinajstić information content (AvgIpc) is 2.58. The molecule has 0 bridgehead atoms. The van der Waals surface area contributed by atoms with Gasteiger partial charge in [-0.25, -0.2) is 0 Å². The fourth-order valence-corrected chi connectivity index (χ4v) is 2.90. The highest BCUT2D eigenvalue weighted by Gasteiger charge is 2.33. The van der Waals surface area contributed by atoms with Crippen molar-refractivity contribution < 1.29 is 5.11 Å². The van der Waals surface area contributed by atoms with Gasteiger partial charge in [0, 0.05) is 5.69 Å². The number of hydrogen-bond donors (Lipinski definition) is 2. The van der Waals surface area contributed by atoms with Crippen LogP contribution in [0.1, 0.15) is 51.0 Å². The lowest BCUT2D eigenvalue weighted by Gasteiger charge is -2.33. The van der Waals surface area contributed by atoms with Crippen LogP contribution in [0, 0.1) is 5.92 Å². The lowest BCUT2D eigenvalue weighted by atomic mass is 9.78. The summed E-state index contributed by atoms with van der Waals surface area (Å²) in [5.74, 6) is 0.383. The van der Waals surface area contributed by atoms with Crippen molar-refractivity contribution in [1.29, 1.82) is 0 Å². The first-order valence-corrected chi connectivity index (χ1v) is 6.69. The van der Waals surface area contributed by atoms with E-state index in [2.05, 4.69) is 0 Å². The Kier molecular flexibility index (Phi) is 3.72. The number of nitrogens with two attached hydrogens (primary N) is 1. The number of aliphatic hydroxyl groups is 1. The van der Waals surface area contributed by atoms with Gasteiger partial charge in [-0.2, -0.15) is 0 Å². The molecule has 0 aliphatic heterocycles. The lowest BCUT2D eigenvalue weighted by Crippen LogP contribution is -2.31. The normalized spacial score (nSPS) is 21.8. The molecule has 1 aromatic rings. The minimum Gasteiger partial charge on any atom is -0.399 e. The van der Waals surface area contributed by atoms with Crippen LogP contribution in [0.3, 0.4) is 0 Å². The first-order valence-electron chi connectivity index (χ1n) is 6.69. The molecule has 0 spiro atoms. The SMILES string of the molecule is CC(O)(c1ccc(N)cc1)C1CCCCCC1. The third kappa shape index (κ3) is 2.81. The van der Waals surface area contributed by atoms with Crippen LogP contribution in [0.4, 0.5) is 5.69 Å². The molecule has 0 amide bonds. The summed E-state index contributed by atoms with van der Waals surface area (Å²) in [6, 6.07) is 7.67. The second-order valence-electron chi connectivity index (χ2n) is 5.46. The third-order valence-corrected chi connectivity index (χ3v) is 4.15. The van der Waals surface area contributed by atoms with Gasteiger partial charge in [0.1, 0.15) is 0 Å². The van der Waals surface area contributed by atoms with Crippen LogP contribution in [0.25, 0.3) is 0 Å². The molecular formula is C15H23NO. The van der Waals surface area contributed by atoms with Crippen molar-refractivity contribution in [2.75, 3.05) is 5.73 Å². The van der Waals surface area contributed by atoms with E-state index in [1.54, 1.807) is 0 Å². The Morgan fingerprint density at radius 2 is 1.59 bits per heavy atom. The summed E-state index contributed by atoms with van der Waals surface area (Å²) in [6.07, 6.45) is 7.39. The molecule has 1 atom stereocenters. The fourth-order valence-electron chi connectivity index (χ4n) is 2.90. The summed E-state index contributed by atoms with van der Waals surface area (Å²) in [4.78, 5) is 0. The summed E-state index contributed by atoms with van der Waals surface area (Å²) in [7, 11) is 0. The van der Waals surface area contributed by atoms with Crippen molar-refractivity contribution in [3.05, 3.63) is 29.8 Å². The van der Waals surface area contributed by atoms with Gasteiger partial charge in [-0.3, -0.25) is 0 Å². The van der Waals surface area contributed by atoms with Gasteiger partial charge in [0.05, 0.1) is 5.60 Å². The van der Waals surface area contributed by atoms with E-state index in [1.807, 2.05) is 31.2 Å². The van der Waals surface area contributed by atoms with Crippen molar-refractivity contribution in [3.63, 3.8) is 0 Å². The van der Waals surface area contributed by atoms with Gasteiger partial charge in [0.25, 0.3) is 0 Å². The maximum Gasteiger partial charge on any atom is 0.0896 e. The second kappa shape index (κ2) is 5.09. The van der Waals surface area contributed by atoms with Crippen LogP contribution >= 0.6 is 0 Å². The monoisotopic (exact) mass is 233 g/mol. The van der Waals surface area contributed by atoms with Crippen LogP contribution in [-0.2, 0) is 5.60 Å². The van der Waals surface area contributed by atoms with Crippen LogP contribution in [0.15, 0.2) is 24.3 Å². The molecule has 3 N–H and O–H groups in total. The summed E-state index contributed by atoms with van der Waals surface area (Å²) in [5, 5.41) is 10.8. The predicted octanol–water partition coefficient (Wildman–Crippen LogP) is 3.45. The first-order chi connectivity index (χ1) is 8.10. The molecule has 1 aliphatic carbocycles. The van der Waals surface area contributed by atoms with E-state index >= 15 is 0 Å². The van der Waals surface area contributed by atoms with Crippen LogP contribution < -0.4 is 5.73 Å². The Balaban J connectivity index is 2.18. The summed E-state index contributed by atoms with van der Waals surface area (Å²) in [6.45, 7) is 1.95. The smallest absolute Gasteiger partial charge is 0.0896 e. The molecule has 0 heterocycles. The molecule has 2 nitrogen and oxygen atoms in total. The maximum atomic E-state index is 10.8. The van der Waals surface area contributed by atoms with E-state index in [4.69, 9.17) is 5.73 Å². The standard InChI is InChI=1S/C15H23NO/c1-15(17,12-6-4-2-3-5-7-12)13-8-10-14(16)11-9-13/h8-12,17H,2-7,16H2,1H3. The zero-order valence-corrected chi connectivity index (χ0v) is 10.7. The van der Waals surface area contributed by atoms with Crippen LogP contribution in [-0.4, -0.2) is 5.11 Å². The molecule has 0 aromatic heterocycles. The van der Waals surface area contributed by atoms with Gasteiger partial charge < -0.3 is 10.8 Å². The maximum absolute atomic E-state index is 10.8. The first kappa shape index (κ1) is 12.4. The van der Waals surface area contributed by atoms with Gasteiger partial charge in [-0.1, -0.05) is 37.8 Å². The lowest BCUT2D eigenvalue weighted by molar-refractivity contribution is -0.0126. The van der Waals surface area contributed by atoms with Crippen LogP contribution in [0.2, 0.25) is 0 Å². The molecule has 17 heavy (non-hydrogen) atoms.